The van der Waals surface area contributed by atoms with Crippen LogP contribution in [0, 0.1) is 11.3 Å². The van der Waals surface area contributed by atoms with Crippen molar-refractivity contribution in [3.8, 4) is 6.07 Å². The molecule has 2 aromatic carbocycles. The number of hydrogen-bond donors (Lipinski definition) is 1. The van der Waals surface area contributed by atoms with Crippen LogP contribution in [0.5, 0.6) is 0 Å². The predicted molar refractivity (Wildman–Crippen MR) is 124 cm³/mol. The lowest BCUT2D eigenvalue weighted by molar-refractivity contribution is -0.133. The number of carbonyl (C=O) groups excluding carboxylic acids is 2. The van der Waals surface area contributed by atoms with Gasteiger partial charge in [-0.25, -0.2) is 8.42 Å². The van der Waals surface area contributed by atoms with Gasteiger partial charge in [0, 0.05) is 26.2 Å². The number of nitrogens with zero attached hydrogens (tertiary/aromatic N) is 4. The maximum atomic E-state index is 12.9. The largest absolute Gasteiger partial charge is 0.339 e. The molecule has 0 unspecified atom stereocenters. The molecule has 2 amide bonds. The normalized spacial score (nSPS) is 14.7. The number of nitriles is 1. The van der Waals surface area contributed by atoms with Crippen LogP contribution in [0.4, 0.5) is 5.69 Å². The SMILES string of the molecule is CN(CC(=O)Nc1ccccc1Cl)CC(=O)N1CCN(S(=O)(=O)c2ccccc2C#N)CC1. The second-order valence-corrected chi connectivity index (χ2v) is 9.91. The zero-order valence-corrected chi connectivity index (χ0v) is 19.6. The molecular weight excluding hydrogens is 466 g/mol. The van der Waals surface area contributed by atoms with E-state index in [0.717, 1.165) is 0 Å². The van der Waals surface area contributed by atoms with Gasteiger partial charge in [-0.2, -0.15) is 9.57 Å². The number of rotatable bonds is 7. The van der Waals surface area contributed by atoms with Gasteiger partial charge < -0.3 is 10.2 Å². The van der Waals surface area contributed by atoms with Gasteiger partial charge in [0.1, 0.15) is 6.07 Å². The number of amides is 2. The molecule has 1 aliphatic heterocycles. The summed E-state index contributed by atoms with van der Waals surface area (Å²) in [6.45, 7) is 0.726. The van der Waals surface area contributed by atoms with Gasteiger partial charge in [0.2, 0.25) is 21.8 Å². The van der Waals surface area contributed by atoms with Gasteiger partial charge in [0.05, 0.1) is 34.3 Å². The number of hydrogen-bond acceptors (Lipinski definition) is 6. The Hall–Kier alpha value is -2.97. The molecule has 3 rings (SSSR count). The fourth-order valence-corrected chi connectivity index (χ4v) is 5.23. The number of sulfonamides is 1. The first kappa shape index (κ1) is 24.7. The van der Waals surface area contributed by atoms with Crippen molar-refractivity contribution >= 4 is 39.1 Å². The topological polar surface area (TPSA) is 114 Å². The van der Waals surface area contributed by atoms with Crippen molar-refractivity contribution in [2.75, 3.05) is 51.6 Å². The van der Waals surface area contributed by atoms with Gasteiger partial charge in [-0.05, 0) is 31.3 Å². The molecule has 0 aromatic heterocycles. The molecule has 33 heavy (non-hydrogen) atoms. The van der Waals surface area contributed by atoms with Gasteiger partial charge >= 0.3 is 0 Å². The smallest absolute Gasteiger partial charge is 0.244 e. The molecule has 1 heterocycles. The zero-order chi connectivity index (χ0) is 24.0. The van der Waals surface area contributed by atoms with E-state index in [1.165, 1.54) is 16.4 Å². The molecule has 9 nitrogen and oxygen atoms in total. The molecule has 11 heteroatoms. The number of nitrogens with one attached hydrogen (secondary N) is 1. The third kappa shape index (κ3) is 6.09. The Morgan fingerprint density at radius 3 is 2.36 bits per heavy atom. The van der Waals surface area contributed by atoms with E-state index in [2.05, 4.69) is 5.32 Å². The number of piperazine rings is 1. The van der Waals surface area contributed by atoms with E-state index in [0.29, 0.717) is 10.7 Å². The van der Waals surface area contributed by atoms with E-state index < -0.39 is 10.0 Å². The van der Waals surface area contributed by atoms with Crippen molar-refractivity contribution < 1.29 is 18.0 Å². The molecule has 1 aliphatic rings. The highest BCUT2D eigenvalue weighted by molar-refractivity contribution is 7.89. The summed E-state index contributed by atoms with van der Waals surface area (Å²) >= 11 is 6.04. The highest BCUT2D eigenvalue weighted by Crippen LogP contribution is 2.22. The first-order chi connectivity index (χ1) is 15.7. The second kappa shape index (κ2) is 10.8. The number of anilines is 1. The van der Waals surface area contributed by atoms with Crippen LogP contribution in [0.25, 0.3) is 0 Å². The Balaban J connectivity index is 1.51. The van der Waals surface area contributed by atoms with E-state index in [4.69, 9.17) is 11.6 Å². The van der Waals surface area contributed by atoms with Gasteiger partial charge in [0.15, 0.2) is 0 Å². The lowest BCUT2D eigenvalue weighted by atomic mass is 10.2. The van der Waals surface area contributed by atoms with Crippen molar-refractivity contribution in [3.63, 3.8) is 0 Å². The van der Waals surface area contributed by atoms with Crippen LogP contribution in [-0.4, -0.2) is 80.7 Å². The standard InChI is InChI=1S/C22H24ClN5O4S/c1-26(15-21(29)25-19-8-4-3-7-18(19)23)16-22(30)27-10-12-28(13-11-27)33(31,32)20-9-5-2-6-17(20)14-24/h2-9H,10-13,15-16H2,1H3,(H,25,29). The summed E-state index contributed by atoms with van der Waals surface area (Å²) in [6, 6.07) is 14.8. The van der Waals surface area contributed by atoms with E-state index in [-0.39, 0.29) is 61.5 Å². The first-order valence-corrected chi connectivity index (χ1v) is 12.0. The first-order valence-electron chi connectivity index (χ1n) is 10.2. The fourth-order valence-electron chi connectivity index (χ4n) is 3.49. The van der Waals surface area contributed by atoms with Crippen LogP contribution in [0.1, 0.15) is 5.56 Å². The Kier molecular flexibility index (Phi) is 8.05. The molecule has 0 radical (unpaired) electrons. The van der Waals surface area contributed by atoms with E-state index in [9.17, 15) is 23.3 Å². The molecule has 0 aliphatic carbocycles. The Morgan fingerprint density at radius 1 is 1.06 bits per heavy atom. The summed E-state index contributed by atoms with van der Waals surface area (Å²) < 4.78 is 27.1. The summed E-state index contributed by atoms with van der Waals surface area (Å²) in [6.07, 6.45) is 0. The fraction of sp³-hybridized carbons (Fsp3) is 0.318. The number of halogens is 1. The molecule has 0 spiro atoms. The van der Waals surface area contributed by atoms with Gasteiger partial charge in [-0.1, -0.05) is 35.9 Å². The van der Waals surface area contributed by atoms with Crippen LogP contribution in [0.2, 0.25) is 5.02 Å². The molecular formula is C22H24ClN5O4S. The average Bonchev–Trinajstić information content (AvgIpc) is 2.80. The van der Waals surface area contributed by atoms with Crippen LogP contribution in [-0.2, 0) is 19.6 Å². The molecule has 1 N–H and O–H groups in total. The summed E-state index contributed by atoms with van der Waals surface area (Å²) in [7, 11) is -2.17. The molecule has 0 atom stereocenters. The van der Waals surface area contributed by atoms with Gasteiger partial charge in [-0.15, -0.1) is 0 Å². The minimum Gasteiger partial charge on any atom is -0.339 e. The van der Waals surface area contributed by atoms with Crippen molar-refractivity contribution in [2.45, 2.75) is 4.90 Å². The lowest BCUT2D eigenvalue weighted by Gasteiger charge is -2.34. The highest BCUT2D eigenvalue weighted by atomic mass is 35.5. The van der Waals surface area contributed by atoms with Crippen LogP contribution in [0.3, 0.4) is 0 Å². The Labute approximate surface area is 198 Å². The average molecular weight is 490 g/mol. The third-order valence-corrected chi connectivity index (χ3v) is 7.47. The quantitative estimate of drug-likeness (QED) is 0.632. The van der Waals surface area contributed by atoms with Crippen molar-refractivity contribution in [3.05, 3.63) is 59.1 Å². The summed E-state index contributed by atoms with van der Waals surface area (Å²) in [5.74, 6) is -0.497. The molecule has 0 saturated carbocycles. The zero-order valence-electron chi connectivity index (χ0n) is 18.1. The maximum Gasteiger partial charge on any atom is 0.244 e. The summed E-state index contributed by atoms with van der Waals surface area (Å²) in [5.41, 5.74) is 0.590. The van der Waals surface area contributed by atoms with Crippen LogP contribution >= 0.6 is 11.6 Å². The third-order valence-electron chi connectivity index (χ3n) is 5.18. The Bertz CT molecular complexity index is 1170. The second-order valence-electron chi connectivity index (χ2n) is 7.59. The van der Waals surface area contributed by atoms with Crippen LogP contribution < -0.4 is 5.32 Å². The number of para-hydroxylation sites is 1. The number of benzene rings is 2. The summed E-state index contributed by atoms with van der Waals surface area (Å²) in [5, 5.41) is 12.3. The lowest BCUT2D eigenvalue weighted by Crippen LogP contribution is -2.52. The van der Waals surface area contributed by atoms with Crippen molar-refractivity contribution in [1.29, 1.82) is 5.26 Å². The number of likely N-dealkylation sites (N-methyl/N-ethyl adjacent to an activating group) is 1. The van der Waals surface area contributed by atoms with E-state index in [1.807, 2.05) is 6.07 Å². The monoisotopic (exact) mass is 489 g/mol. The van der Waals surface area contributed by atoms with E-state index >= 15 is 0 Å². The van der Waals surface area contributed by atoms with Crippen molar-refractivity contribution in [1.82, 2.24) is 14.1 Å². The van der Waals surface area contributed by atoms with Gasteiger partial charge in [0.25, 0.3) is 0 Å². The highest BCUT2D eigenvalue weighted by Gasteiger charge is 2.31. The maximum absolute atomic E-state index is 12.9. The molecule has 1 saturated heterocycles. The minimum atomic E-state index is -3.83. The minimum absolute atomic E-state index is 0.00372. The number of carbonyl (C=O) groups is 2. The van der Waals surface area contributed by atoms with Crippen LogP contribution in [0.15, 0.2) is 53.4 Å². The predicted octanol–water partition coefficient (Wildman–Crippen LogP) is 1.62. The van der Waals surface area contributed by atoms with Gasteiger partial charge in [-0.3, -0.25) is 14.5 Å². The molecule has 2 aromatic rings. The van der Waals surface area contributed by atoms with Crippen molar-refractivity contribution in [2.24, 2.45) is 0 Å². The summed E-state index contributed by atoms with van der Waals surface area (Å²) in [4.78, 5) is 28.0. The molecule has 0 bridgehead atoms. The molecule has 1 fully saturated rings. The molecule has 174 valence electrons. The van der Waals surface area contributed by atoms with E-state index in [1.54, 1.807) is 53.2 Å². The Morgan fingerprint density at radius 2 is 1.70 bits per heavy atom.